The molecule has 1 saturated carbocycles. The maximum atomic E-state index is 14.0. The number of halogens is 2. The summed E-state index contributed by atoms with van der Waals surface area (Å²) < 4.78 is 39.5. The summed E-state index contributed by atoms with van der Waals surface area (Å²) in [4.78, 5) is 25.7. The molecule has 1 heterocycles. The first-order chi connectivity index (χ1) is 16.3. The molecule has 0 saturated heterocycles. The van der Waals surface area contributed by atoms with Crippen LogP contribution in [-0.4, -0.2) is 37.6 Å². The predicted molar refractivity (Wildman–Crippen MR) is 123 cm³/mol. The number of hydrogen-bond acceptors (Lipinski definition) is 4. The van der Waals surface area contributed by atoms with Crippen LogP contribution < -0.4 is 20.1 Å². The van der Waals surface area contributed by atoms with Gasteiger partial charge in [0.2, 0.25) is 5.91 Å². The fraction of sp³-hybridized carbons (Fsp3) is 0.462. The molecule has 1 atom stereocenters. The second-order valence-corrected chi connectivity index (χ2v) is 9.36. The fourth-order valence-electron chi connectivity index (χ4n) is 4.82. The Morgan fingerprint density at radius 2 is 1.65 bits per heavy atom. The molecule has 2 amide bonds. The van der Waals surface area contributed by atoms with Gasteiger partial charge < -0.3 is 20.1 Å². The maximum Gasteiger partial charge on any atom is 0.257 e. The van der Waals surface area contributed by atoms with Crippen LogP contribution >= 0.6 is 0 Å². The van der Waals surface area contributed by atoms with Crippen molar-refractivity contribution in [3.63, 3.8) is 0 Å². The lowest BCUT2D eigenvalue weighted by Gasteiger charge is -2.32. The number of amides is 2. The van der Waals surface area contributed by atoms with E-state index in [0.717, 1.165) is 49.1 Å². The van der Waals surface area contributed by atoms with Crippen molar-refractivity contribution in [2.24, 2.45) is 5.92 Å². The van der Waals surface area contributed by atoms with E-state index in [4.69, 9.17) is 9.47 Å². The highest BCUT2D eigenvalue weighted by Crippen LogP contribution is 2.43. The van der Waals surface area contributed by atoms with Crippen LogP contribution in [0.3, 0.4) is 0 Å². The summed E-state index contributed by atoms with van der Waals surface area (Å²) in [6.07, 6.45) is 3.90. The van der Waals surface area contributed by atoms with Gasteiger partial charge in [-0.3, -0.25) is 9.59 Å². The Bertz CT molecular complexity index is 1050. The highest BCUT2D eigenvalue weighted by Gasteiger charge is 2.38. The van der Waals surface area contributed by atoms with E-state index in [-0.39, 0.29) is 17.2 Å². The van der Waals surface area contributed by atoms with Crippen LogP contribution in [0.5, 0.6) is 11.5 Å². The molecule has 2 N–H and O–H groups in total. The first kappa shape index (κ1) is 24.0. The molecule has 0 aromatic heterocycles. The Hall–Kier alpha value is -3.16. The van der Waals surface area contributed by atoms with Crippen LogP contribution in [0, 0.1) is 17.6 Å². The van der Waals surface area contributed by atoms with Crippen molar-refractivity contribution in [1.82, 2.24) is 10.6 Å². The summed E-state index contributed by atoms with van der Waals surface area (Å²) in [5.41, 5.74) is 0.131. The summed E-state index contributed by atoms with van der Waals surface area (Å²) in [5.74, 6) is -2.13. The van der Waals surface area contributed by atoms with E-state index in [1.165, 1.54) is 6.07 Å². The summed E-state index contributed by atoms with van der Waals surface area (Å²) in [6, 6.07) is 8.20. The zero-order valence-corrected chi connectivity index (χ0v) is 19.5. The van der Waals surface area contributed by atoms with Crippen LogP contribution in [0.15, 0.2) is 36.4 Å². The standard InChI is InChI=1S/C26H30F2N2O4/c1-16(2)23(30-24(31)22-18(27)6-5-7-19(22)28)25(32)29-15-26(10-3-4-11-26)17-8-9-20-21(14-17)34-13-12-33-20/h5-9,14,16,23H,3-4,10-13,15H2,1-2H3,(H,29,32)(H,30,31)/t23-/m0/s1. The molecule has 34 heavy (non-hydrogen) atoms. The van der Waals surface area contributed by atoms with E-state index in [1.807, 2.05) is 18.2 Å². The lowest BCUT2D eigenvalue weighted by molar-refractivity contribution is -0.124. The monoisotopic (exact) mass is 472 g/mol. The Labute approximate surface area is 198 Å². The number of carbonyl (C=O) groups is 2. The molecule has 2 aromatic rings. The lowest BCUT2D eigenvalue weighted by Crippen LogP contribution is -2.52. The van der Waals surface area contributed by atoms with Gasteiger partial charge in [0.1, 0.15) is 36.5 Å². The van der Waals surface area contributed by atoms with E-state index in [0.29, 0.717) is 25.5 Å². The lowest BCUT2D eigenvalue weighted by atomic mass is 9.78. The zero-order valence-electron chi connectivity index (χ0n) is 19.5. The van der Waals surface area contributed by atoms with Gasteiger partial charge >= 0.3 is 0 Å². The van der Waals surface area contributed by atoms with Crippen LogP contribution in [0.2, 0.25) is 0 Å². The van der Waals surface area contributed by atoms with Crippen molar-refractivity contribution in [3.8, 4) is 11.5 Å². The van der Waals surface area contributed by atoms with Gasteiger partial charge in [-0.15, -0.1) is 0 Å². The van der Waals surface area contributed by atoms with Gasteiger partial charge in [-0.05, 0) is 48.6 Å². The second kappa shape index (κ2) is 9.99. The molecule has 2 aromatic carbocycles. The van der Waals surface area contributed by atoms with Crippen molar-refractivity contribution in [1.29, 1.82) is 0 Å². The fourth-order valence-corrected chi connectivity index (χ4v) is 4.82. The number of carbonyl (C=O) groups excluding carboxylic acids is 2. The first-order valence-corrected chi connectivity index (χ1v) is 11.7. The van der Waals surface area contributed by atoms with Gasteiger partial charge in [0.05, 0.1) is 0 Å². The molecule has 0 bridgehead atoms. The minimum Gasteiger partial charge on any atom is -0.486 e. The highest BCUT2D eigenvalue weighted by molar-refractivity contribution is 5.98. The molecule has 1 fully saturated rings. The third-order valence-corrected chi connectivity index (χ3v) is 6.74. The van der Waals surface area contributed by atoms with Crippen molar-refractivity contribution in [2.45, 2.75) is 51.0 Å². The predicted octanol–water partition coefficient (Wildman–Crippen LogP) is 4.12. The SMILES string of the molecule is CC(C)[C@H](NC(=O)c1c(F)cccc1F)C(=O)NCC1(c2ccc3c(c2)OCCO3)CCCC1. The molecule has 0 spiro atoms. The van der Waals surface area contributed by atoms with Crippen molar-refractivity contribution < 1.29 is 27.8 Å². The molecule has 8 heteroatoms. The third-order valence-electron chi connectivity index (χ3n) is 6.74. The number of rotatable bonds is 7. The normalized spacial score (nSPS) is 17.3. The quantitative estimate of drug-likeness (QED) is 0.636. The van der Waals surface area contributed by atoms with Gasteiger partial charge in [-0.1, -0.05) is 38.8 Å². The third kappa shape index (κ3) is 4.86. The second-order valence-electron chi connectivity index (χ2n) is 9.36. The Morgan fingerprint density at radius 3 is 2.29 bits per heavy atom. The van der Waals surface area contributed by atoms with Crippen molar-refractivity contribution >= 4 is 11.8 Å². The van der Waals surface area contributed by atoms with E-state index in [1.54, 1.807) is 13.8 Å². The van der Waals surface area contributed by atoms with Gasteiger partial charge in [0, 0.05) is 12.0 Å². The highest BCUT2D eigenvalue weighted by atomic mass is 19.1. The van der Waals surface area contributed by atoms with Gasteiger partial charge in [-0.2, -0.15) is 0 Å². The largest absolute Gasteiger partial charge is 0.486 e. The minimum absolute atomic E-state index is 0.255. The zero-order chi connectivity index (χ0) is 24.3. The first-order valence-electron chi connectivity index (χ1n) is 11.7. The van der Waals surface area contributed by atoms with Crippen molar-refractivity contribution in [2.75, 3.05) is 19.8 Å². The molecule has 182 valence electrons. The van der Waals surface area contributed by atoms with Gasteiger partial charge in [-0.25, -0.2) is 8.78 Å². The van der Waals surface area contributed by atoms with Crippen molar-refractivity contribution in [3.05, 3.63) is 59.2 Å². The number of ether oxygens (including phenoxy) is 2. The van der Waals surface area contributed by atoms with Crippen LogP contribution in [0.4, 0.5) is 8.78 Å². The molecule has 6 nitrogen and oxygen atoms in total. The van der Waals surface area contributed by atoms with E-state index >= 15 is 0 Å². The van der Waals surface area contributed by atoms with Crippen LogP contribution in [0.25, 0.3) is 0 Å². The summed E-state index contributed by atoms with van der Waals surface area (Å²) >= 11 is 0. The number of hydrogen-bond donors (Lipinski definition) is 2. The number of nitrogens with one attached hydrogen (secondary N) is 2. The summed E-state index contributed by atoms with van der Waals surface area (Å²) in [5, 5.41) is 5.51. The average Bonchev–Trinajstić information content (AvgIpc) is 3.30. The maximum absolute atomic E-state index is 14.0. The van der Waals surface area contributed by atoms with Crippen LogP contribution in [0.1, 0.15) is 55.5 Å². The van der Waals surface area contributed by atoms with E-state index in [9.17, 15) is 18.4 Å². The average molecular weight is 473 g/mol. The molecule has 1 aliphatic heterocycles. The Balaban J connectivity index is 1.49. The summed E-state index contributed by atoms with van der Waals surface area (Å²) in [7, 11) is 0. The van der Waals surface area contributed by atoms with Gasteiger partial charge in [0.25, 0.3) is 5.91 Å². The van der Waals surface area contributed by atoms with Crippen LogP contribution in [-0.2, 0) is 10.2 Å². The Kier molecular flexibility index (Phi) is 7.05. The molecular weight excluding hydrogens is 442 g/mol. The number of benzene rings is 2. The number of fused-ring (bicyclic) bond motifs is 1. The molecular formula is C26H30F2N2O4. The van der Waals surface area contributed by atoms with E-state index < -0.39 is 29.1 Å². The Morgan fingerprint density at radius 1 is 1.00 bits per heavy atom. The van der Waals surface area contributed by atoms with Gasteiger partial charge in [0.15, 0.2) is 11.5 Å². The minimum atomic E-state index is -0.969. The molecule has 0 radical (unpaired) electrons. The molecule has 4 rings (SSSR count). The molecule has 2 aliphatic rings. The topological polar surface area (TPSA) is 76.7 Å². The van der Waals surface area contributed by atoms with E-state index in [2.05, 4.69) is 10.6 Å². The molecule has 0 unspecified atom stereocenters. The molecule has 1 aliphatic carbocycles. The summed E-state index contributed by atoms with van der Waals surface area (Å²) in [6.45, 7) is 4.95. The smallest absolute Gasteiger partial charge is 0.257 e.